The maximum atomic E-state index is 13.7. The molecule has 1 amide bonds. The van der Waals surface area contributed by atoms with Crippen LogP contribution < -0.4 is 9.91 Å². The zero-order valence-electron chi connectivity index (χ0n) is 17.3. The molecule has 0 spiro atoms. The Bertz CT molecular complexity index is 1230. The molecule has 0 saturated carbocycles. The van der Waals surface area contributed by atoms with Gasteiger partial charge < -0.3 is 4.90 Å². The van der Waals surface area contributed by atoms with E-state index in [-0.39, 0.29) is 18.0 Å². The molecule has 2 aliphatic rings. The predicted octanol–water partition coefficient (Wildman–Crippen LogP) is 6.93. The second kappa shape index (κ2) is 8.43. The van der Waals surface area contributed by atoms with E-state index in [4.69, 9.17) is 39.9 Å². The van der Waals surface area contributed by atoms with Crippen LogP contribution in [0.5, 0.6) is 0 Å². The first-order chi connectivity index (χ1) is 15.4. The van der Waals surface area contributed by atoms with Gasteiger partial charge in [-0.2, -0.15) is 5.10 Å². The summed E-state index contributed by atoms with van der Waals surface area (Å²) in [5, 5.41) is 8.28. The number of hydrogen-bond donors (Lipinski definition) is 0. The molecule has 0 radical (unpaired) electrons. The van der Waals surface area contributed by atoms with Gasteiger partial charge in [0.2, 0.25) is 0 Å². The molecule has 7 heteroatoms. The summed E-state index contributed by atoms with van der Waals surface area (Å²) in [6.45, 7) is 2.07. The van der Waals surface area contributed by atoms with Crippen molar-refractivity contribution in [2.75, 3.05) is 9.91 Å². The third kappa shape index (κ3) is 3.77. The number of anilines is 2. The molecule has 0 saturated heterocycles. The van der Waals surface area contributed by atoms with Crippen LogP contribution in [0.1, 0.15) is 30.5 Å². The van der Waals surface area contributed by atoms with E-state index < -0.39 is 0 Å². The smallest absolute Gasteiger partial charge is 0.274 e. The number of nitrogens with zero attached hydrogens (tertiary/aromatic N) is 3. The van der Waals surface area contributed by atoms with Crippen LogP contribution >= 0.6 is 34.8 Å². The lowest BCUT2D eigenvalue weighted by Gasteiger charge is -2.25. The van der Waals surface area contributed by atoms with Gasteiger partial charge >= 0.3 is 0 Å². The van der Waals surface area contributed by atoms with Crippen LogP contribution in [0.2, 0.25) is 15.1 Å². The summed E-state index contributed by atoms with van der Waals surface area (Å²) in [6.07, 6.45) is 1.30. The summed E-state index contributed by atoms with van der Waals surface area (Å²) in [6, 6.07) is 20.8. The van der Waals surface area contributed by atoms with Gasteiger partial charge in [-0.3, -0.25) is 9.80 Å². The lowest BCUT2D eigenvalue weighted by atomic mass is 10.0. The number of carbonyl (C=O) groups excluding carboxylic acids is 1. The van der Waals surface area contributed by atoms with E-state index in [1.54, 1.807) is 12.1 Å². The summed E-state index contributed by atoms with van der Waals surface area (Å²) < 4.78 is 0. The van der Waals surface area contributed by atoms with Crippen molar-refractivity contribution >= 4 is 57.8 Å². The summed E-state index contributed by atoms with van der Waals surface area (Å²) in [7, 11) is 0. The quantitative estimate of drug-likeness (QED) is 0.404. The highest BCUT2D eigenvalue weighted by atomic mass is 35.5. The number of halogens is 3. The summed E-state index contributed by atoms with van der Waals surface area (Å²) >= 11 is 18.7. The Balaban J connectivity index is 1.54. The molecular weight excluding hydrogens is 465 g/mol. The van der Waals surface area contributed by atoms with E-state index in [1.807, 2.05) is 58.4 Å². The number of carbonyl (C=O) groups is 1. The minimum absolute atomic E-state index is 0.0738. The number of amides is 1. The first-order valence-electron chi connectivity index (χ1n) is 10.4. The Morgan fingerprint density at radius 3 is 2.38 bits per heavy atom. The van der Waals surface area contributed by atoms with E-state index in [0.717, 1.165) is 17.7 Å². The normalized spacial score (nSPS) is 19.8. The molecule has 2 heterocycles. The van der Waals surface area contributed by atoms with E-state index in [0.29, 0.717) is 32.9 Å². The fourth-order valence-electron chi connectivity index (χ4n) is 4.49. The van der Waals surface area contributed by atoms with Crippen LogP contribution in [0.15, 0.2) is 71.8 Å². The van der Waals surface area contributed by atoms with E-state index in [1.165, 1.54) is 5.56 Å². The number of hydrogen-bond acceptors (Lipinski definition) is 3. The van der Waals surface area contributed by atoms with Crippen LogP contribution in [0.3, 0.4) is 0 Å². The Morgan fingerprint density at radius 1 is 0.906 bits per heavy atom. The Hall–Kier alpha value is -2.53. The van der Waals surface area contributed by atoms with E-state index in [2.05, 4.69) is 13.0 Å². The summed E-state index contributed by atoms with van der Waals surface area (Å²) in [5.74, 6) is -0.0750. The minimum atomic E-state index is -0.182. The number of rotatable bonds is 3. The van der Waals surface area contributed by atoms with E-state index in [9.17, 15) is 4.79 Å². The van der Waals surface area contributed by atoms with Gasteiger partial charge in [0.1, 0.15) is 5.71 Å². The van der Waals surface area contributed by atoms with Crippen molar-refractivity contribution < 1.29 is 4.79 Å². The molecule has 0 fully saturated rings. The molecule has 3 aromatic rings. The van der Waals surface area contributed by atoms with Gasteiger partial charge in [0, 0.05) is 28.2 Å². The summed E-state index contributed by atoms with van der Waals surface area (Å²) in [5.41, 5.74) is 4.34. The molecule has 0 aliphatic carbocycles. The lowest BCUT2D eigenvalue weighted by molar-refractivity contribution is -0.112. The van der Waals surface area contributed by atoms with Crippen molar-refractivity contribution in [1.29, 1.82) is 0 Å². The average molecular weight is 485 g/mol. The molecular formula is C25H20Cl3N3O. The van der Waals surface area contributed by atoms with Crippen molar-refractivity contribution in [1.82, 2.24) is 0 Å². The molecule has 0 bridgehead atoms. The number of benzene rings is 3. The second-order valence-corrected chi connectivity index (χ2v) is 9.40. The van der Waals surface area contributed by atoms with Crippen molar-refractivity contribution in [3.8, 4) is 0 Å². The number of para-hydroxylation sites is 1. The summed E-state index contributed by atoms with van der Waals surface area (Å²) in [4.78, 5) is 15.5. The van der Waals surface area contributed by atoms with Crippen molar-refractivity contribution in [2.24, 2.45) is 5.10 Å². The molecule has 4 nitrogen and oxygen atoms in total. The molecule has 2 atom stereocenters. The SMILES string of the molecule is CC1Cc2ccccc2N1C(=O)C1=NN(c2ccc(Cl)cc2Cl)C(c2ccc(Cl)cc2)C1. The van der Waals surface area contributed by atoms with Crippen LogP contribution in [0.25, 0.3) is 0 Å². The molecule has 3 aromatic carbocycles. The van der Waals surface area contributed by atoms with Crippen molar-refractivity contribution in [3.63, 3.8) is 0 Å². The number of hydrazone groups is 1. The third-order valence-electron chi connectivity index (χ3n) is 5.99. The predicted molar refractivity (Wildman–Crippen MR) is 132 cm³/mol. The molecule has 5 rings (SSSR count). The van der Waals surface area contributed by atoms with Gasteiger partial charge in [0.15, 0.2) is 0 Å². The largest absolute Gasteiger partial charge is 0.304 e. The highest BCUT2D eigenvalue weighted by molar-refractivity contribution is 6.45. The third-order valence-corrected chi connectivity index (χ3v) is 6.78. The van der Waals surface area contributed by atoms with Gasteiger partial charge in [-0.1, -0.05) is 65.1 Å². The van der Waals surface area contributed by atoms with Crippen LogP contribution in [-0.2, 0) is 11.2 Å². The average Bonchev–Trinajstić information content (AvgIpc) is 3.35. The standard InChI is InChI=1S/C25H20Cl3N3O/c1-15-12-17-4-2-3-5-22(17)30(15)25(32)21-14-24(16-6-8-18(26)9-7-16)31(29-21)23-11-10-19(27)13-20(23)28/h2-11,13,15,24H,12,14H2,1H3. The van der Waals surface area contributed by atoms with Crippen LogP contribution in [0.4, 0.5) is 11.4 Å². The highest BCUT2D eigenvalue weighted by Crippen LogP contribution is 2.41. The maximum Gasteiger partial charge on any atom is 0.274 e. The topological polar surface area (TPSA) is 35.9 Å². The fourth-order valence-corrected chi connectivity index (χ4v) is 5.11. The number of fused-ring (bicyclic) bond motifs is 1. The second-order valence-electron chi connectivity index (χ2n) is 8.12. The molecule has 2 unspecified atom stereocenters. The van der Waals surface area contributed by atoms with Gasteiger partial charge in [-0.15, -0.1) is 0 Å². The fraction of sp³-hybridized carbons (Fsp3) is 0.200. The molecule has 32 heavy (non-hydrogen) atoms. The lowest BCUT2D eigenvalue weighted by Crippen LogP contribution is -2.40. The van der Waals surface area contributed by atoms with Crippen LogP contribution in [-0.4, -0.2) is 17.7 Å². The zero-order valence-corrected chi connectivity index (χ0v) is 19.6. The Kier molecular flexibility index (Phi) is 5.62. The first kappa shape index (κ1) is 21.3. The van der Waals surface area contributed by atoms with Gasteiger partial charge in [0.25, 0.3) is 5.91 Å². The van der Waals surface area contributed by atoms with Gasteiger partial charge in [0.05, 0.1) is 16.8 Å². The minimum Gasteiger partial charge on any atom is -0.304 e. The highest BCUT2D eigenvalue weighted by Gasteiger charge is 2.39. The van der Waals surface area contributed by atoms with Crippen LogP contribution in [0, 0.1) is 0 Å². The van der Waals surface area contributed by atoms with E-state index >= 15 is 0 Å². The molecule has 162 valence electrons. The van der Waals surface area contributed by atoms with Crippen molar-refractivity contribution in [2.45, 2.75) is 31.8 Å². The monoisotopic (exact) mass is 483 g/mol. The Morgan fingerprint density at radius 2 is 1.62 bits per heavy atom. The molecule has 0 aromatic heterocycles. The van der Waals surface area contributed by atoms with Gasteiger partial charge in [-0.05, 0) is 60.9 Å². The molecule has 0 N–H and O–H groups in total. The first-order valence-corrected chi connectivity index (χ1v) is 11.5. The molecule has 2 aliphatic heterocycles. The Labute approximate surface area is 202 Å². The van der Waals surface area contributed by atoms with Gasteiger partial charge in [-0.25, -0.2) is 0 Å². The zero-order chi connectivity index (χ0) is 22.4. The van der Waals surface area contributed by atoms with Crippen molar-refractivity contribution in [3.05, 3.63) is 92.9 Å². The maximum absolute atomic E-state index is 13.7.